The molecule has 0 aliphatic heterocycles. The van der Waals surface area contributed by atoms with Gasteiger partial charge in [0, 0.05) is 37.1 Å². The van der Waals surface area contributed by atoms with Crippen LogP contribution in [0, 0.1) is 5.92 Å². The van der Waals surface area contributed by atoms with Gasteiger partial charge in [-0.05, 0) is 64.0 Å². The summed E-state index contributed by atoms with van der Waals surface area (Å²) in [7, 11) is 1.65. The third-order valence-corrected chi connectivity index (χ3v) is 5.65. The number of aromatic nitrogens is 1. The maximum absolute atomic E-state index is 12.0. The van der Waals surface area contributed by atoms with Crippen molar-refractivity contribution in [3.05, 3.63) is 54.2 Å². The number of hydrogen-bond acceptors (Lipinski definition) is 5. The van der Waals surface area contributed by atoms with E-state index in [4.69, 9.17) is 9.47 Å². The number of carbonyl (C=O) groups is 1. The minimum absolute atomic E-state index is 0.329. The standard InChI is InChI=1S/C25H35N3O3/c1-25(2,3)31-24(29)27-17-19-10-12-21(13-11-19)28(18-20-8-6-5-7-9-20)22-14-15-26-23(16-22)30-4/h5-9,14-16,19,21H,10-13,17-18H2,1-4H3,(H,27,29). The van der Waals surface area contributed by atoms with Crippen LogP contribution in [0.5, 0.6) is 5.88 Å². The summed E-state index contributed by atoms with van der Waals surface area (Å²) in [5.74, 6) is 1.11. The smallest absolute Gasteiger partial charge is 0.407 e. The summed E-state index contributed by atoms with van der Waals surface area (Å²) in [4.78, 5) is 18.7. The number of benzene rings is 1. The number of nitrogens with zero attached hydrogens (tertiary/aromatic N) is 2. The molecule has 0 unspecified atom stereocenters. The molecule has 0 radical (unpaired) electrons. The van der Waals surface area contributed by atoms with Gasteiger partial charge < -0.3 is 19.7 Å². The normalized spacial score (nSPS) is 18.8. The van der Waals surface area contributed by atoms with E-state index in [1.807, 2.05) is 39.1 Å². The van der Waals surface area contributed by atoms with E-state index in [0.29, 0.717) is 24.4 Å². The number of ether oxygens (including phenoxy) is 2. The summed E-state index contributed by atoms with van der Waals surface area (Å²) in [6.45, 7) is 7.16. The topological polar surface area (TPSA) is 63.7 Å². The molecule has 1 amide bonds. The molecule has 6 heteroatoms. The Balaban J connectivity index is 1.62. The summed E-state index contributed by atoms with van der Waals surface area (Å²) in [5.41, 5.74) is 1.95. The lowest BCUT2D eigenvalue weighted by atomic mass is 9.85. The van der Waals surface area contributed by atoms with Crippen molar-refractivity contribution in [2.24, 2.45) is 5.92 Å². The molecule has 0 atom stereocenters. The van der Waals surface area contributed by atoms with Crippen LogP contribution in [-0.4, -0.2) is 36.4 Å². The average molecular weight is 426 g/mol. The van der Waals surface area contributed by atoms with Gasteiger partial charge in [0.15, 0.2) is 0 Å². The molecular weight excluding hydrogens is 390 g/mol. The van der Waals surface area contributed by atoms with Crippen LogP contribution in [0.1, 0.15) is 52.0 Å². The lowest BCUT2D eigenvalue weighted by Gasteiger charge is -2.38. The third kappa shape index (κ3) is 7.16. The van der Waals surface area contributed by atoms with Gasteiger partial charge in [-0.15, -0.1) is 0 Å². The molecule has 0 bridgehead atoms. The summed E-state index contributed by atoms with van der Waals surface area (Å²) in [6, 6.07) is 15.1. The first-order valence-electron chi connectivity index (χ1n) is 11.1. The highest BCUT2D eigenvalue weighted by atomic mass is 16.6. The Hall–Kier alpha value is -2.76. The van der Waals surface area contributed by atoms with Gasteiger partial charge in [-0.1, -0.05) is 30.3 Å². The molecular formula is C25H35N3O3. The fourth-order valence-corrected chi connectivity index (χ4v) is 4.10. The van der Waals surface area contributed by atoms with Crippen LogP contribution in [-0.2, 0) is 11.3 Å². The molecule has 1 aliphatic rings. The molecule has 1 fully saturated rings. The zero-order chi connectivity index (χ0) is 22.3. The van der Waals surface area contributed by atoms with Crippen molar-refractivity contribution in [3.8, 4) is 5.88 Å². The van der Waals surface area contributed by atoms with E-state index in [2.05, 4.69) is 45.5 Å². The van der Waals surface area contributed by atoms with Crippen LogP contribution >= 0.6 is 0 Å². The Kier molecular flexibility index (Phi) is 7.77. The van der Waals surface area contributed by atoms with Crippen LogP contribution in [0.2, 0.25) is 0 Å². The van der Waals surface area contributed by atoms with Gasteiger partial charge in [-0.25, -0.2) is 9.78 Å². The first-order valence-corrected chi connectivity index (χ1v) is 11.1. The Morgan fingerprint density at radius 3 is 2.48 bits per heavy atom. The molecule has 0 spiro atoms. The molecule has 1 heterocycles. The van der Waals surface area contributed by atoms with Crippen molar-refractivity contribution in [2.75, 3.05) is 18.6 Å². The van der Waals surface area contributed by atoms with Crippen LogP contribution < -0.4 is 15.0 Å². The largest absolute Gasteiger partial charge is 0.481 e. The molecule has 1 N–H and O–H groups in total. The lowest BCUT2D eigenvalue weighted by molar-refractivity contribution is 0.0514. The van der Waals surface area contributed by atoms with Gasteiger partial charge in [0.25, 0.3) is 0 Å². The predicted molar refractivity (Wildman–Crippen MR) is 123 cm³/mol. The quantitative estimate of drug-likeness (QED) is 0.662. The van der Waals surface area contributed by atoms with E-state index >= 15 is 0 Å². The summed E-state index contributed by atoms with van der Waals surface area (Å²) in [6.07, 6.45) is 5.80. The minimum atomic E-state index is -0.467. The third-order valence-electron chi connectivity index (χ3n) is 5.65. The first-order chi connectivity index (χ1) is 14.8. The maximum atomic E-state index is 12.0. The Morgan fingerprint density at radius 2 is 1.84 bits per heavy atom. The zero-order valence-corrected chi connectivity index (χ0v) is 19.1. The van der Waals surface area contributed by atoms with Crippen LogP contribution in [0.25, 0.3) is 0 Å². The fraction of sp³-hybridized carbons (Fsp3) is 0.520. The van der Waals surface area contributed by atoms with Crippen LogP contribution in [0.15, 0.2) is 48.7 Å². The molecule has 0 saturated heterocycles. The Morgan fingerprint density at radius 1 is 1.13 bits per heavy atom. The summed E-state index contributed by atoms with van der Waals surface area (Å²) >= 11 is 0. The molecule has 3 rings (SSSR count). The minimum Gasteiger partial charge on any atom is -0.481 e. The Labute approximate surface area is 186 Å². The number of pyridine rings is 1. The first kappa shape index (κ1) is 22.9. The van der Waals surface area contributed by atoms with Gasteiger partial charge in [0.05, 0.1) is 7.11 Å². The van der Waals surface area contributed by atoms with Crippen molar-refractivity contribution in [3.63, 3.8) is 0 Å². The van der Waals surface area contributed by atoms with Crippen molar-refractivity contribution in [1.29, 1.82) is 0 Å². The molecule has 1 aliphatic carbocycles. The molecule has 31 heavy (non-hydrogen) atoms. The number of hydrogen-bond donors (Lipinski definition) is 1. The second-order valence-corrected chi connectivity index (χ2v) is 9.23. The van der Waals surface area contributed by atoms with E-state index in [0.717, 1.165) is 37.9 Å². The van der Waals surface area contributed by atoms with Gasteiger partial charge >= 0.3 is 6.09 Å². The second-order valence-electron chi connectivity index (χ2n) is 9.23. The van der Waals surface area contributed by atoms with E-state index in [1.165, 1.54) is 5.56 Å². The number of nitrogens with one attached hydrogen (secondary N) is 1. The fourth-order valence-electron chi connectivity index (χ4n) is 4.10. The Bertz CT molecular complexity index is 827. The number of rotatable bonds is 7. The summed E-state index contributed by atoms with van der Waals surface area (Å²) in [5, 5.41) is 2.94. The monoisotopic (exact) mass is 425 g/mol. The number of anilines is 1. The number of alkyl carbamates (subject to hydrolysis) is 1. The second kappa shape index (κ2) is 10.5. The zero-order valence-electron chi connectivity index (χ0n) is 19.1. The molecule has 6 nitrogen and oxygen atoms in total. The molecule has 168 valence electrons. The predicted octanol–water partition coefficient (Wildman–Crippen LogP) is 5.18. The highest BCUT2D eigenvalue weighted by Crippen LogP contribution is 2.32. The average Bonchev–Trinajstić information content (AvgIpc) is 2.76. The van der Waals surface area contributed by atoms with Crippen molar-refractivity contribution < 1.29 is 14.3 Å². The van der Waals surface area contributed by atoms with Crippen molar-refractivity contribution >= 4 is 11.8 Å². The van der Waals surface area contributed by atoms with Gasteiger partial charge in [-0.2, -0.15) is 0 Å². The molecule has 1 aromatic heterocycles. The van der Waals surface area contributed by atoms with Crippen molar-refractivity contribution in [1.82, 2.24) is 10.3 Å². The van der Waals surface area contributed by atoms with Gasteiger partial charge in [0.1, 0.15) is 5.60 Å². The highest BCUT2D eigenvalue weighted by molar-refractivity contribution is 5.67. The van der Waals surface area contributed by atoms with E-state index in [-0.39, 0.29) is 6.09 Å². The number of carbonyl (C=O) groups excluding carboxylic acids is 1. The van der Waals surface area contributed by atoms with Gasteiger partial charge in [-0.3, -0.25) is 0 Å². The van der Waals surface area contributed by atoms with Crippen LogP contribution in [0.3, 0.4) is 0 Å². The molecule has 2 aromatic rings. The SMILES string of the molecule is COc1cc(N(Cc2ccccc2)C2CCC(CNC(=O)OC(C)(C)C)CC2)ccn1. The number of amides is 1. The summed E-state index contributed by atoms with van der Waals surface area (Å²) < 4.78 is 10.7. The van der Waals surface area contributed by atoms with E-state index in [9.17, 15) is 4.79 Å². The van der Waals surface area contributed by atoms with Gasteiger partial charge in [0.2, 0.25) is 5.88 Å². The maximum Gasteiger partial charge on any atom is 0.407 e. The molecule has 1 aromatic carbocycles. The van der Waals surface area contributed by atoms with Crippen LogP contribution in [0.4, 0.5) is 10.5 Å². The highest BCUT2D eigenvalue weighted by Gasteiger charge is 2.27. The van der Waals surface area contributed by atoms with Crippen molar-refractivity contribution in [2.45, 2.75) is 64.6 Å². The van der Waals surface area contributed by atoms with E-state index < -0.39 is 5.60 Å². The van der Waals surface area contributed by atoms with E-state index in [1.54, 1.807) is 7.11 Å². The molecule has 1 saturated carbocycles. The lowest BCUT2D eigenvalue weighted by Crippen LogP contribution is -2.40. The number of methoxy groups -OCH3 is 1.